The van der Waals surface area contributed by atoms with E-state index in [1.807, 2.05) is 72.8 Å². The Morgan fingerprint density at radius 3 is 2.14 bits per heavy atom. The fourth-order valence-electron chi connectivity index (χ4n) is 5.13. The van der Waals surface area contributed by atoms with Crippen molar-refractivity contribution < 1.29 is 24.3 Å². The van der Waals surface area contributed by atoms with E-state index in [1.165, 1.54) is 12.1 Å². The smallest absolute Gasteiger partial charge is 0.423 e. The van der Waals surface area contributed by atoms with Gasteiger partial charge in [0.1, 0.15) is 5.82 Å². The minimum Gasteiger partial charge on any atom is -0.423 e. The molecule has 1 saturated heterocycles. The lowest BCUT2D eigenvalue weighted by Gasteiger charge is -2.48. The zero-order valence-electron chi connectivity index (χ0n) is 20.1. The Balaban J connectivity index is 1.48. The molecule has 186 valence electrons. The summed E-state index contributed by atoms with van der Waals surface area (Å²) in [6.07, 6.45) is -0.157. The van der Waals surface area contributed by atoms with Gasteiger partial charge in [-0.05, 0) is 64.8 Å². The number of carbonyl (C=O) groups is 1. The van der Waals surface area contributed by atoms with Crippen molar-refractivity contribution in [3.8, 4) is 11.1 Å². The Kier molecular flexibility index (Phi) is 7.19. The Morgan fingerprint density at radius 1 is 0.838 bits per heavy atom. The van der Waals surface area contributed by atoms with Crippen LogP contribution in [0.15, 0.2) is 103 Å². The van der Waals surface area contributed by atoms with Crippen LogP contribution in [-0.4, -0.2) is 28.2 Å². The Hall–Kier alpha value is -3.78. The summed E-state index contributed by atoms with van der Waals surface area (Å²) in [5, 5.41) is 31.3. The van der Waals surface area contributed by atoms with E-state index in [2.05, 4.69) is 0 Å². The number of para-hydroxylation sites is 1. The summed E-state index contributed by atoms with van der Waals surface area (Å²) >= 11 is 0. The molecule has 3 N–H and O–H groups in total. The molecule has 4 aromatic rings. The lowest BCUT2D eigenvalue weighted by atomic mass is 9.68. The topological polar surface area (TPSA) is 81.0 Å². The van der Waals surface area contributed by atoms with Gasteiger partial charge in [-0.15, -0.1) is 0 Å². The number of nitrogens with zero attached hydrogens (tertiary/aromatic N) is 1. The van der Waals surface area contributed by atoms with Crippen LogP contribution in [0.1, 0.15) is 36.1 Å². The number of benzene rings is 4. The van der Waals surface area contributed by atoms with E-state index in [0.29, 0.717) is 29.4 Å². The third-order valence-corrected chi connectivity index (χ3v) is 7.04. The van der Waals surface area contributed by atoms with Gasteiger partial charge in [0.15, 0.2) is 0 Å². The summed E-state index contributed by atoms with van der Waals surface area (Å²) in [6, 6.07) is 29.7. The standard InChI is InChI=1S/C30H27BFNO4/c32-23-14-11-21(12-15-23)28(34)18-17-26-29(33(30(26)35)24-9-5-2-6-10-24)25-16-13-22(19-27(25)31(36)37)20-7-3-1-4-8-20/h1-16,19,26,28-29,34,36-37H,17-18H2/t26-,28+,29-/m1/s1. The Labute approximate surface area is 215 Å². The van der Waals surface area contributed by atoms with Gasteiger partial charge in [0.25, 0.3) is 0 Å². The largest absolute Gasteiger partial charge is 0.488 e. The fraction of sp³-hybridized carbons (Fsp3) is 0.167. The predicted molar refractivity (Wildman–Crippen MR) is 142 cm³/mol. The number of amides is 1. The molecule has 4 aromatic carbocycles. The molecule has 37 heavy (non-hydrogen) atoms. The van der Waals surface area contributed by atoms with E-state index in [0.717, 1.165) is 16.8 Å². The van der Waals surface area contributed by atoms with Crippen molar-refractivity contribution in [2.24, 2.45) is 5.92 Å². The Morgan fingerprint density at radius 2 is 1.49 bits per heavy atom. The number of aliphatic hydroxyl groups excluding tert-OH is 1. The van der Waals surface area contributed by atoms with Gasteiger partial charge in [0.2, 0.25) is 5.91 Å². The normalized spacial score (nSPS) is 17.8. The number of hydrogen-bond acceptors (Lipinski definition) is 4. The van der Waals surface area contributed by atoms with Crippen LogP contribution in [0.25, 0.3) is 11.1 Å². The maximum atomic E-state index is 13.4. The summed E-state index contributed by atoms with van der Waals surface area (Å²) in [7, 11) is -1.72. The van der Waals surface area contributed by atoms with Gasteiger partial charge >= 0.3 is 7.12 Å². The molecule has 0 aliphatic carbocycles. The van der Waals surface area contributed by atoms with Crippen LogP contribution < -0.4 is 10.4 Å². The molecule has 1 amide bonds. The first-order valence-electron chi connectivity index (χ1n) is 12.3. The van der Waals surface area contributed by atoms with Crippen molar-refractivity contribution in [3.05, 3.63) is 120 Å². The average molecular weight is 495 g/mol. The van der Waals surface area contributed by atoms with Gasteiger partial charge in [-0.25, -0.2) is 4.39 Å². The van der Waals surface area contributed by atoms with Crippen LogP contribution in [0.4, 0.5) is 10.1 Å². The maximum absolute atomic E-state index is 13.4. The monoisotopic (exact) mass is 495 g/mol. The van der Waals surface area contributed by atoms with Crippen molar-refractivity contribution in [2.75, 3.05) is 4.90 Å². The second-order valence-corrected chi connectivity index (χ2v) is 9.32. The Bertz CT molecular complexity index is 1370. The zero-order chi connectivity index (χ0) is 25.9. The molecule has 0 aromatic heterocycles. The quantitative estimate of drug-likeness (QED) is 0.250. The van der Waals surface area contributed by atoms with E-state index < -0.39 is 25.2 Å². The van der Waals surface area contributed by atoms with Gasteiger partial charge < -0.3 is 20.1 Å². The SMILES string of the molecule is O=C1[C@H](CC[C@H](O)c2ccc(F)cc2)[C@@H](c2ccc(-c3ccccc3)cc2B(O)O)N1c1ccccc1. The summed E-state index contributed by atoms with van der Waals surface area (Å²) in [6.45, 7) is 0. The molecule has 5 nitrogen and oxygen atoms in total. The molecule has 7 heteroatoms. The molecule has 1 heterocycles. The number of anilines is 1. The first-order chi connectivity index (χ1) is 17.9. The van der Waals surface area contributed by atoms with E-state index in [9.17, 15) is 24.3 Å². The predicted octanol–water partition coefficient (Wildman–Crippen LogP) is 4.39. The highest BCUT2D eigenvalue weighted by atomic mass is 19.1. The van der Waals surface area contributed by atoms with E-state index in [4.69, 9.17) is 0 Å². The van der Waals surface area contributed by atoms with Gasteiger partial charge in [0, 0.05) is 5.69 Å². The molecule has 1 aliphatic heterocycles. The van der Waals surface area contributed by atoms with Crippen LogP contribution in [-0.2, 0) is 4.79 Å². The summed E-state index contributed by atoms with van der Waals surface area (Å²) in [4.78, 5) is 15.1. The van der Waals surface area contributed by atoms with Crippen molar-refractivity contribution in [1.82, 2.24) is 0 Å². The molecular formula is C30H27BFNO4. The molecule has 0 spiro atoms. The summed E-state index contributed by atoms with van der Waals surface area (Å²) in [5.41, 5.74) is 4.08. The molecule has 0 radical (unpaired) electrons. The highest BCUT2D eigenvalue weighted by Gasteiger charge is 2.49. The van der Waals surface area contributed by atoms with E-state index in [-0.39, 0.29) is 11.7 Å². The number of aliphatic hydroxyl groups is 1. The van der Waals surface area contributed by atoms with Crippen LogP contribution >= 0.6 is 0 Å². The lowest BCUT2D eigenvalue weighted by molar-refractivity contribution is -0.131. The fourth-order valence-corrected chi connectivity index (χ4v) is 5.13. The molecule has 0 saturated carbocycles. The molecule has 3 atom stereocenters. The molecular weight excluding hydrogens is 468 g/mol. The number of halogens is 1. The van der Waals surface area contributed by atoms with Crippen LogP contribution in [0.5, 0.6) is 0 Å². The molecule has 0 bridgehead atoms. The van der Waals surface area contributed by atoms with Gasteiger partial charge in [0.05, 0.1) is 18.1 Å². The molecule has 1 aliphatic rings. The number of β-lactam (4-membered cyclic amide) rings is 1. The summed E-state index contributed by atoms with van der Waals surface area (Å²) in [5.74, 6) is -0.930. The lowest BCUT2D eigenvalue weighted by Crippen LogP contribution is -2.57. The highest BCUT2D eigenvalue weighted by Crippen LogP contribution is 2.46. The molecule has 1 fully saturated rings. The minimum atomic E-state index is -1.72. The van der Waals surface area contributed by atoms with Crippen LogP contribution in [0, 0.1) is 11.7 Å². The molecule has 5 rings (SSSR count). The van der Waals surface area contributed by atoms with Gasteiger partial charge in [-0.1, -0.05) is 78.9 Å². The van der Waals surface area contributed by atoms with Crippen molar-refractivity contribution in [3.63, 3.8) is 0 Å². The average Bonchev–Trinajstić information content (AvgIpc) is 2.92. The van der Waals surface area contributed by atoms with Gasteiger partial charge in [-0.3, -0.25) is 4.79 Å². The summed E-state index contributed by atoms with van der Waals surface area (Å²) < 4.78 is 13.3. The first kappa shape index (κ1) is 24.9. The molecule has 0 unspecified atom stereocenters. The van der Waals surface area contributed by atoms with E-state index >= 15 is 0 Å². The second kappa shape index (κ2) is 10.7. The van der Waals surface area contributed by atoms with Crippen LogP contribution in [0.3, 0.4) is 0 Å². The van der Waals surface area contributed by atoms with E-state index in [1.54, 1.807) is 23.1 Å². The maximum Gasteiger partial charge on any atom is 0.488 e. The number of rotatable bonds is 8. The minimum absolute atomic E-state index is 0.0898. The third kappa shape index (κ3) is 5.07. The highest BCUT2D eigenvalue weighted by molar-refractivity contribution is 6.59. The number of carbonyl (C=O) groups excluding carboxylic acids is 1. The zero-order valence-corrected chi connectivity index (χ0v) is 20.1. The second-order valence-electron chi connectivity index (χ2n) is 9.32. The third-order valence-electron chi connectivity index (χ3n) is 7.04. The first-order valence-corrected chi connectivity index (χ1v) is 12.3. The van der Waals surface area contributed by atoms with Crippen molar-refractivity contribution in [1.29, 1.82) is 0 Å². The van der Waals surface area contributed by atoms with Crippen LogP contribution in [0.2, 0.25) is 0 Å². The van der Waals surface area contributed by atoms with Gasteiger partial charge in [-0.2, -0.15) is 0 Å². The number of hydrogen-bond donors (Lipinski definition) is 3. The van der Waals surface area contributed by atoms with Crippen molar-refractivity contribution >= 4 is 24.2 Å². The van der Waals surface area contributed by atoms with Crippen molar-refractivity contribution in [2.45, 2.75) is 25.0 Å².